The molecule has 5 heteroatoms. The van der Waals surface area contributed by atoms with Gasteiger partial charge >= 0.3 is 0 Å². The van der Waals surface area contributed by atoms with Crippen molar-refractivity contribution in [3.05, 3.63) is 102 Å². The van der Waals surface area contributed by atoms with Gasteiger partial charge in [-0.1, -0.05) is 138 Å². The molecule has 1 aromatic heterocycles. The summed E-state index contributed by atoms with van der Waals surface area (Å²) in [5, 5.41) is 15.2. The number of pyridine rings is 1. The zero-order valence-corrected chi connectivity index (χ0v) is 33.5. The number of fused-ring (bicyclic) bond motifs is 1. The quantitative estimate of drug-likeness (QED) is 0.0632. The van der Waals surface area contributed by atoms with Crippen LogP contribution in [-0.4, -0.2) is 23.9 Å². The number of aromatic nitrogens is 1. The molecular weight excluding hydrogens is 771 g/mol. The maximum absolute atomic E-state index is 11.7. The number of hydrogen-bond acceptors (Lipinski definition) is 3. The van der Waals surface area contributed by atoms with Crippen LogP contribution in [0.4, 0.5) is 0 Å². The molecule has 1 N–H and O–H groups in total. The first kappa shape index (κ1) is 40.3. The number of ketones is 1. The van der Waals surface area contributed by atoms with E-state index in [1.165, 1.54) is 38.8 Å². The molecule has 0 bridgehead atoms. The van der Waals surface area contributed by atoms with Gasteiger partial charge in [0.25, 0.3) is 0 Å². The predicted molar refractivity (Wildman–Crippen MR) is 201 cm³/mol. The summed E-state index contributed by atoms with van der Waals surface area (Å²) in [5.41, 5.74) is 3.49. The van der Waals surface area contributed by atoms with Gasteiger partial charge in [-0.3, -0.25) is 9.78 Å². The van der Waals surface area contributed by atoms with E-state index in [-0.39, 0.29) is 43.5 Å². The average Bonchev–Trinajstić information content (AvgIpc) is 3.05. The molecule has 0 fully saturated rings. The van der Waals surface area contributed by atoms with Crippen LogP contribution in [-0.2, 0) is 24.9 Å². The number of benzene rings is 3. The summed E-state index contributed by atoms with van der Waals surface area (Å²) in [6, 6.07) is 31.4. The molecule has 0 aliphatic rings. The van der Waals surface area contributed by atoms with Crippen molar-refractivity contribution in [2.45, 2.75) is 99.6 Å². The Morgan fingerprint density at radius 2 is 1.43 bits per heavy atom. The third kappa shape index (κ3) is 10.6. The van der Waals surface area contributed by atoms with Gasteiger partial charge in [0.15, 0.2) is 5.78 Å². The summed E-state index contributed by atoms with van der Waals surface area (Å²) < 4.78 is 0. The molecule has 0 aliphatic carbocycles. The monoisotopic (exact) mass is 827 g/mol. The maximum atomic E-state index is 11.7. The van der Waals surface area contributed by atoms with Gasteiger partial charge in [0.05, 0.1) is 5.76 Å². The van der Waals surface area contributed by atoms with E-state index in [4.69, 9.17) is 4.98 Å². The molecule has 0 spiro atoms. The molecule has 1 radical (unpaired) electrons. The molecule has 3 aromatic carbocycles. The van der Waals surface area contributed by atoms with Crippen molar-refractivity contribution < 1.29 is 30.0 Å². The summed E-state index contributed by atoms with van der Waals surface area (Å²) in [7, 11) is -1.87. The minimum Gasteiger partial charge on any atom is -0.512 e. The van der Waals surface area contributed by atoms with Gasteiger partial charge in [0, 0.05) is 49.9 Å². The largest absolute Gasteiger partial charge is 0.512 e. The first-order valence-electron chi connectivity index (χ1n) is 17.4. The smallest absolute Gasteiger partial charge is 0.162 e. The van der Waals surface area contributed by atoms with Crippen LogP contribution in [0, 0.1) is 23.8 Å². The molecule has 0 saturated carbocycles. The number of carbonyl (C=O) groups is 1. The minimum atomic E-state index is -1.87. The van der Waals surface area contributed by atoms with Gasteiger partial charge in [0.2, 0.25) is 0 Å². The molecule has 0 amide bonds. The predicted octanol–water partition coefficient (Wildman–Crippen LogP) is 10.5. The zero-order valence-electron chi connectivity index (χ0n) is 30.1. The molecule has 0 aliphatic heterocycles. The second-order valence-electron chi connectivity index (χ2n) is 13.6. The third-order valence-electron chi connectivity index (χ3n) is 9.41. The van der Waals surface area contributed by atoms with E-state index in [1.807, 2.05) is 33.9 Å². The fourth-order valence-electron chi connectivity index (χ4n) is 6.60. The van der Waals surface area contributed by atoms with Crippen molar-refractivity contribution in [3.63, 3.8) is 0 Å². The molecule has 3 nitrogen and oxygen atoms in total. The Hall–Kier alpha value is -2.85. The van der Waals surface area contributed by atoms with Gasteiger partial charge in [-0.15, -0.1) is 29.1 Å². The number of aliphatic hydroxyl groups excluding tert-OH is 1. The zero-order chi connectivity index (χ0) is 33.9. The fourth-order valence-corrected chi connectivity index (χ4v) is 10.9. The van der Waals surface area contributed by atoms with Crippen LogP contribution in [0.3, 0.4) is 0 Å². The van der Waals surface area contributed by atoms with Gasteiger partial charge in [-0.05, 0) is 49.6 Å². The Morgan fingerprint density at radius 1 is 0.830 bits per heavy atom. The number of aliphatic hydroxyl groups is 1. The summed E-state index contributed by atoms with van der Waals surface area (Å²) >= 11 is 0. The SMILES string of the molecule is CC(C)C[Si](C)(c1ccccc1)c1ccnc(-c2[c-]c3ccccc3c(C(C)C)c2)c1.CCC(CC)C(=O)/C=C(\O)C(CC)CC.[Ir]. The number of carbonyl (C=O) groups excluding carboxylic acids is 1. The molecule has 255 valence electrons. The normalized spacial score (nSPS) is 13.0. The van der Waals surface area contributed by atoms with E-state index in [2.05, 4.69) is 113 Å². The molecule has 1 heterocycles. The van der Waals surface area contributed by atoms with E-state index < -0.39 is 8.07 Å². The minimum absolute atomic E-state index is 0. The Bertz CT molecular complexity index is 1570. The van der Waals surface area contributed by atoms with E-state index in [1.54, 1.807) is 0 Å². The van der Waals surface area contributed by atoms with E-state index in [0.29, 0.717) is 11.8 Å². The van der Waals surface area contributed by atoms with Crippen LogP contribution >= 0.6 is 0 Å². The number of rotatable bonds is 13. The molecular formula is C42H56IrNO2Si-. The standard InChI is InChI=1S/C29H32NSi.C13H24O2.Ir/c1-21(2)20-31(5,25-12-7-6-8-13-25)26-15-16-30-29(19-26)24-17-23-11-9-10-14-27(23)28(18-24)22(3)4;1-5-10(6-2)12(14)9-13(15)11(7-3)8-4;/h6-16,18-19,21-22H,20H2,1-5H3;9-11,14H,5-8H2,1-4H3;/q-1;;/b;12-9-;. The second kappa shape index (κ2) is 19.2. The Labute approximate surface area is 299 Å². The van der Waals surface area contributed by atoms with Crippen LogP contribution in [0.25, 0.3) is 22.0 Å². The average molecular weight is 827 g/mol. The van der Waals surface area contributed by atoms with E-state index in [0.717, 1.165) is 36.9 Å². The number of allylic oxidation sites excluding steroid dienone is 2. The van der Waals surface area contributed by atoms with Gasteiger partial charge in [0.1, 0.15) is 8.07 Å². The van der Waals surface area contributed by atoms with Crippen LogP contribution in [0.15, 0.2) is 90.8 Å². The van der Waals surface area contributed by atoms with Crippen molar-refractivity contribution >= 4 is 35.0 Å². The first-order valence-corrected chi connectivity index (χ1v) is 20.1. The van der Waals surface area contributed by atoms with E-state index >= 15 is 0 Å². The molecule has 1 atom stereocenters. The Morgan fingerprint density at radius 3 is 2.00 bits per heavy atom. The number of hydrogen-bond donors (Lipinski definition) is 1. The molecule has 0 saturated heterocycles. The van der Waals surface area contributed by atoms with E-state index in [9.17, 15) is 9.90 Å². The summed E-state index contributed by atoms with van der Waals surface area (Å²) in [6.07, 6.45) is 6.90. The van der Waals surface area contributed by atoms with Crippen molar-refractivity contribution in [2.75, 3.05) is 0 Å². The van der Waals surface area contributed by atoms with Crippen LogP contribution in [0.5, 0.6) is 0 Å². The number of nitrogens with zero attached hydrogens (tertiary/aromatic N) is 1. The van der Waals surface area contributed by atoms with Crippen molar-refractivity contribution in [3.8, 4) is 11.3 Å². The summed E-state index contributed by atoms with van der Waals surface area (Å²) in [6.45, 7) is 19.8. The van der Waals surface area contributed by atoms with Crippen LogP contribution in [0.2, 0.25) is 12.6 Å². The Kier molecular flexibility index (Phi) is 16.5. The Balaban J connectivity index is 0.000000410. The first-order chi connectivity index (χ1) is 22.0. The topological polar surface area (TPSA) is 50.2 Å². The van der Waals surface area contributed by atoms with Crippen LogP contribution in [0.1, 0.15) is 92.6 Å². The molecule has 4 aromatic rings. The summed E-state index contributed by atoms with van der Waals surface area (Å²) in [5.74, 6) is 1.64. The van der Waals surface area contributed by atoms with Gasteiger partial charge < -0.3 is 5.11 Å². The van der Waals surface area contributed by atoms with Crippen molar-refractivity contribution in [2.24, 2.45) is 17.8 Å². The molecule has 4 rings (SSSR count). The fraction of sp³-hybridized carbons (Fsp3) is 0.429. The van der Waals surface area contributed by atoms with Crippen LogP contribution < -0.4 is 10.4 Å². The second-order valence-corrected chi connectivity index (χ2v) is 17.8. The third-order valence-corrected chi connectivity index (χ3v) is 14.2. The summed E-state index contributed by atoms with van der Waals surface area (Å²) in [4.78, 5) is 16.5. The van der Waals surface area contributed by atoms with Gasteiger partial charge in [-0.25, -0.2) is 0 Å². The van der Waals surface area contributed by atoms with Gasteiger partial charge in [-0.2, -0.15) is 0 Å². The molecule has 47 heavy (non-hydrogen) atoms. The van der Waals surface area contributed by atoms with Crippen molar-refractivity contribution in [1.82, 2.24) is 4.98 Å². The molecule has 1 unspecified atom stereocenters. The maximum Gasteiger partial charge on any atom is 0.162 e. The van der Waals surface area contributed by atoms with Crippen molar-refractivity contribution in [1.29, 1.82) is 0 Å².